The molecule has 9 nitrogen and oxygen atoms in total. The van der Waals surface area contributed by atoms with Crippen LogP contribution in [0.15, 0.2) is 18.2 Å². The van der Waals surface area contributed by atoms with E-state index in [9.17, 15) is 29.8 Å². The van der Waals surface area contributed by atoms with E-state index in [1.807, 2.05) is 0 Å². The van der Waals surface area contributed by atoms with Gasteiger partial charge < -0.3 is 4.74 Å². The van der Waals surface area contributed by atoms with Gasteiger partial charge >= 0.3 is 5.97 Å². The van der Waals surface area contributed by atoms with Crippen LogP contribution in [0, 0.1) is 37.5 Å². The molecule has 0 heterocycles. The number of methoxy groups -OCH3 is 1. The predicted octanol–water partition coefficient (Wildman–Crippen LogP) is 3.16. The molecular formula is C16H20N2O7. The van der Waals surface area contributed by atoms with Gasteiger partial charge in [-0.15, -0.1) is 0 Å². The molecule has 0 aliphatic carbocycles. The Morgan fingerprint density at radius 1 is 1.04 bits per heavy atom. The predicted molar refractivity (Wildman–Crippen MR) is 88.2 cm³/mol. The van der Waals surface area contributed by atoms with Crippen molar-refractivity contribution in [3.05, 3.63) is 44.0 Å². The molecule has 0 aliphatic heterocycles. The van der Waals surface area contributed by atoms with Crippen LogP contribution in [0.1, 0.15) is 38.1 Å². The molecule has 0 bridgehead atoms. The van der Waals surface area contributed by atoms with Gasteiger partial charge in [0.05, 0.1) is 28.9 Å². The average Bonchev–Trinajstić information content (AvgIpc) is 2.51. The number of Topliss-reactive ketones (excluding diaryl/α,β-unsaturated/α-hetero) is 1. The number of non-ortho nitro benzene ring substituents is 2. The SMILES string of the molecule is COC(=O)[C@@H](C(C)C(=O)c1cc([N+](=O)[O-])cc([N+](=O)[O-])c1)C(C)(C)C. The van der Waals surface area contributed by atoms with Crippen molar-refractivity contribution in [2.75, 3.05) is 7.11 Å². The second kappa shape index (κ2) is 7.37. The topological polar surface area (TPSA) is 130 Å². The van der Waals surface area contributed by atoms with E-state index < -0.39 is 50.2 Å². The molecule has 0 saturated heterocycles. The highest BCUT2D eigenvalue weighted by Crippen LogP contribution is 2.35. The van der Waals surface area contributed by atoms with Crippen LogP contribution in [0.3, 0.4) is 0 Å². The van der Waals surface area contributed by atoms with Crippen molar-refractivity contribution in [3.8, 4) is 0 Å². The number of hydrogen-bond acceptors (Lipinski definition) is 7. The van der Waals surface area contributed by atoms with Crippen molar-refractivity contribution < 1.29 is 24.2 Å². The second-order valence-electron chi connectivity index (χ2n) is 6.77. The summed E-state index contributed by atoms with van der Waals surface area (Å²) < 4.78 is 4.76. The van der Waals surface area contributed by atoms with E-state index in [1.54, 1.807) is 20.8 Å². The third-order valence-corrected chi connectivity index (χ3v) is 3.91. The zero-order valence-electron chi connectivity index (χ0n) is 14.6. The molecule has 25 heavy (non-hydrogen) atoms. The maximum Gasteiger partial charge on any atom is 0.309 e. The minimum Gasteiger partial charge on any atom is -0.469 e. The van der Waals surface area contributed by atoms with Gasteiger partial charge in [0.25, 0.3) is 11.4 Å². The largest absolute Gasteiger partial charge is 0.469 e. The molecule has 0 saturated carbocycles. The molecular weight excluding hydrogens is 332 g/mol. The van der Waals surface area contributed by atoms with Gasteiger partial charge in [0.15, 0.2) is 5.78 Å². The third kappa shape index (κ3) is 4.59. The van der Waals surface area contributed by atoms with Gasteiger partial charge in [0, 0.05) is 23.6 Å². The lowest BCUT2D eigenvalue weighted by Gasteiger charge is -2.32. The molecule has 0 aliphatic rings. The molecule has 2 atom stereocenters. The minimum atomic E-state index is -0.881. The summed E-state index contributed by atoms with van der Waals surface area (Å²) >= 11 is 0. The molecule has 1 rings (SSSR count). The number of hydrogen-bond donors (Lipinski definition) is 0. The van der Waals surface area contributed by atoms with Gasteiger partial charge in [-0.1, -0.05) is 27.7 Å². The Bertz CT molecular complexity index is 689. The minimum absolute atomic E-state index is 0.188. The molecule has 9 heteroatoms. The first kappa shape index (κ1) is 20.2. The second-order valence-corrected chi connectivity index (χ2v) is 6.77. The summed E-state index contributed by atoms with van der Waals surface area (Å²) in [6.45, 7) is 6.77. The summed E-state index contributed by atoms with van der Waals surface area (Å²) in [6.07, 6.45) is 0. The Morgan fingerprint density at radius 2 is 1.48 bits per heavy atom. The van der Waals surface area contributed by atoms with E-state index in [1.165, 1.54) is 14.0 Å². The summed E-state index contributed by atoms with van der Waals surface area (Å²) in [5.74, 6) is -2.89. The van der Waals surface area contributed by atoms with Crippen LogP contribution in [-0.4, -0.2) is 28.7 Å². The first-order valence-electron chi connectivity index (χ1n) is 7.46. The van der Waals surface area contributed by atoms with Gasteiger partial charge in [-0.2, -0.15) is 0 Å². The van der Waals surface area contributed by atoms with Crippen LogP contribution in [0.5, 0.6) is 0 Å². The fourth-order valence-electron chi connectivity index (χ4n) is 2.80. The fraction of sp³-hybridized carbons (Fsp3) is 0.500. The quantitative estimate of drug-likeness (QED) is 0.332. The van der Waals surface area contributed by atoms with Crippen LogP contribution in [0.25, 0.3) is 0 Å². The number of esters is 1. The average molecular weight is 352 g/mol. The fourth-order valence-corrected chi connectivity index (χ4v) is 2.80. The Kier molecular flexibility index (Phi) is 5.96. The van der Waals surface area contributed by atoms with Crippen LogP contribution in [-0.2, 0) is 9.53 Å². The molecule has 0 radical (unpaired) electrons. The lowest BCUT2D eigenvalue weighted by Crippen LogP contribution is -2.38. The number of ketones is 1. The smallest absolute Gasteiger partial charge is 0.309 e. The van der Waals surface area contributed by atoms with E-state index in [0.29, 0.717) is 0 Å². The highest BCUT2D eigenvalue weighted by Gasteiger charge is 2.40. The highest BCUT2D eigenvalue weighted by atomic mass is 16.6. The molecule has 0 aromatic heterocycles. The van der Waals surface area contributed by atoms with Gasteiger partial charge in [0.1, 0.15) is 0 Å². The molecule has 136 valence electrons. The normalized spacial score (nSPS) is 13.6. The standard InChI is InChI=1S/C16H20N2O7/c1-9(13(15(20)25-5)16(2,3)4)14(19)10-6-11(17(21)22)8-12(7-10)18(23)24/h6-9,13H,1-5H3/t9?,13-/m1/s1. The number of carbonyl (C=O) groups is 2. The zero-order chi connectivity index (χ0) is 19.5. The van der Waals surface area contributed by atoms with Crippen molar-refractivity contribution in [1.82, 2.24) is 0 Å². The first-order chi connectivity index (χ1) is 11.4. The summed E-state index contributed by atoms with van der Waals surface area (Å²) in [5.41, 5.74) is -1.92. The van der Waals surface area contributed by atoms with Crippen LogP contribution in [0.2, 0.25) is 0 Å². The summed E-state index contributed by atoms with van der Waals surface area (Å²) in [4.78, 5) is 45.2. The molecule has 0 amide bonds. The number of nitro groups is 2. The van der Waals surface area contributed by atoms with E-state index in [-0.39, 0.29) is 5.56 Å². The molecule has 1 aromatic rings. The monoisotopic (exact) mass is 352 g/mol. The Morgan fingerprint density at radius 3 is 1.80 bits per heavy atom. The molecule has 1 unspecified atom stereocenters. The Balaban J connectivity index is 3.39. The van der Waals surface area contributed by atoms with E-state index in [2.05, 4.69) is 0 Å². The van der Waals surface area contributed by atoms with Gasteiger partial charge in [-0.05, 0) is 5.41 Å². The highest BCUT2D eigenvalue weighted by molar-refractivity contribution is 6.01. The molecule has 0 fully saturated rings. The molecule has 0 spiro atoms. The summed E-state index contributed by atoms with van der Waals surface area (Å²) in [5, 5.41) is 21.9. The number of nitro benzene ring substituents is 2. The van der Waals surface area contributed by atoms with Gasteiger partial charge in [0.2, 0.25) is 0 Å². The van der Waals surface area contributed by atoms with Crippen LogP contribution >= 0.6 is 0 Å². The van der Waals surface area contributed by atoms with Crippen molar-refractivity contribution >= 4 is 23.1 Å². The maximum absolute atomic E-state index is 12.7. The van der Waals surface area contributed by atoms with Crippen molar-refractivity contribution in [2.45, 2.75) is 27.7 Å². The Hall–Kier alpha value is -2.84. The Labute approximate surface area is 144 Å². The number of rotatable bonds is 6. The van der Waals surface area contributed by atoms with E-state index >= 15 is 0 Å². The lowest BCUT2D eigenvalue weighted by atomic mass is 9.71. The van der Waals surface area contributed by atoms with E-state index in [0.717, 1.165) is 18.2 Å². The number of benzene rings is 1. The van der Waals surface area contributed by atoms with Gasteiger partial charge in [-0.25, -0.2) is 0 Å². The zero-order valence-corrected chi connectivity index (χ0v) is 14.6. The number of carbonyl (C=O) groups excluding carboxylic acids is 2. The summed E-state index contributed by atoms with van der Waals surface area (Å²) in [6, 6.07) is 2.73. The van der Waals surface area contributed by atoms with E-state index in [4.69, 9.17) is 4.74 Å². The number of nitrogens with zero attached hydrogens (tertiary/aromatic N) is 2. The van der Waals surface area contributed by atoms with Gasteiger partial charge in [-0.3, -0.25) is 29.8 Å². The van der Waals surface area contributed by atoms with Crippen molar-refractivity contribution in [3.63, 3.8) is 0 Å². The first-order valence-corrected chi connectivity index (χ1v) is 7.46. The van der Waals surface area contributed by atoms with Crippen molar-refractivity contribution in [1.29, 1.82) is 0 Å². The molecule has 1 aromatic carbocycles. The maximum atomic E-state index is 12.7. The van der Waals surface area contributed by atoms with Crippen LogP contribution in [0.4, 0.5) is 11.4 Å². The third-order valence-electron chi connectivity index (χ3n) is 3.91. The lowest BCUT2D eigenvalue weighted by molar-refractivity contribution is -0.394. The van der Waals surface area contributed by atoms with Crippen molar-refractivity contribution in [2.24, 2.45) is 17.3 Å². The summed E-state index contributed by atoms with van der Waals surface area (Å²) in [7, 11) is 1.20. The molecule has 0 N–H and O–H groups in total. The number of ether oxygens (including phenoxy) is 1. The van der Waals surface area contributed by atoms with Crippen LogP contribution < -0.4 is 0 Å².